The number of hydrogen-bond acceptors (Lipinski definition) is 5. The van der Waals surface area contributed by atoms with Gasteiger partial charge in [-0.2, -0.15) is 0 Å². The second kappa shape index (κ2) is 7.32. The first-order chi connectivity index (χ1) is 11.0. The summed E-state index contributed by atoms with van der Waals surface area (Å²) in [5.74, 6) is -0.328. The first-order valence-electron chi connectivity index (χ1n) is 7.34. The van der Waals surface area contributed by atoms with Crippen LogP contribution in [0, 0.1) is 0 Å². The largest absolute Gasteiger partial charge is 0.493 e. The van der Waals surface area contributed by atoms with Crippen LogP contribution in [-0.4, -0.2) is 61.4 Å². The van der Waals surface area contributed by atoms with Crippen molar-refractivity contribution in [2.75, 3.05) is 33.9 Å². The molecule has 1 amide bonds. The number of methoxy groups -OCH3 is 2. The summed E-state index contributed by atoms with van der Waals surface area (Å²) < 4.78 is 15.9. The third-order valence-corrected chi connectivity index (χ3v) is 3.96. The highest BCUT2D eigenvalue weighted by molar-refractivity contribution is 5.80. The summed E-state index contributed by atoms with van der Waals surface area (Å²) in [5.41, 5.74) is -1.36. The lowest BCUT2D eigenvalue weighted by Gasteiger charge is -2.39. The molecule has 0 aliphatic carbocycles. The number of ether oxygens (including phenoxy) is 3. The fourth-order valence-electron chi connectivity index (χ4n) is 2.61. The number of para-hydroxylation sites is 2. The van der Waals surface area contributed by atoms with E-state index in [1.165, 1.54) is 14.2 Å². The lowest BCUT2D eigenvalue weighted by atomic mass is 9.91. The Hall–Kier alpha value is -2.28. The molecule has 1 aromatic carbocycles. The topological polar surface area (TPSA) is 85.3 Å². The molecule has 23 heavy (non-hydrogen) atoms. The van der Waals surface area contributed by atoms with E-state index in [9.17, 15) is 14.7 Å². The van der Waals surface area contributed by atoms with Gasteiger partial charge in [0, 0.05) is 33.0 Å². The van der Waals surface area contributed by atoms with Gasteiger partial charge < -0.3 is 24.2 Å². The van der Waals surface area contributed by atoms with E-state index in [-0.39, 0.29) is 25.4 Å². The molecular weight excluding hydrogens is 302 g/mol. The summed E-state index contributed by atoms with van der Waals surface area (Å²) >= 11 is 0. The maximum Gasteiger partial charge on any atom is 0.348 e. The van der Waals surface area contributed by atoms with Crippen molar-refractivity contribution in [2.24, 2.45) is 0 Å². The number of aliphatic carboxylic acids is 1. The number of carboxylic acid groups (broad SMARTS) is 1. The Kier molecular flexibility index (Phi) is 5.44. The van der Waals surface area contributed by atoms with Gasteiger partial charge in [0.25, 0.3) is 0 Å². The molecule has 0 bridgehead atoms. The Morgan fingerprint density at radius 3 is 2.30 bits per heavy atom. The smallest absolute Gasteiger partial charge is 0.348 e. The molecule has 1 saturated heterocycles. The minimum Gasteiger partial charge on any atom is -0.493 e. The van der Waals surface area contributed by atoms with E-state index in [1.807, 2.05) is 0 Å². The molecule has 2 rings (SSSR count). The van der Waals surface area contributed by atoms with Crippen molar-refractivity contribution in [3.05, 3.63) is 24.3 Å². The van der Waals surface area contributed by atoms with E-state index in [2.05, 4.69) is 0 Å². The van der Waals surface area contributed by atoms with Gasteiger partial charge in [0.05, 0.1) is 7.11 Å². The van der Waals surface area contributed by atoms with Crippen LogP contribution in [0.15, 0.2) is 24.3 Å². The van der Waals surface area contributed by atoms with Crippen molar-refractivity contribution in [1.82, 2.24) is 4.90 Å². The molecule has 0 atom stereocenters. The van der Waals surface area contributed by atoms with Crippen LogP contribution in [0.25, 0.3) is 0 Å². The van der Waals surface area contributed by atoms with Gasteiger partial charge in [-0.05, 0) is 12.1 Å². The molecule has 7 heteroatoms. The summed E-state index contributed by atoms with van der Waals surface area (Å²) in [6.07, 6.45) is 0.408. The first-order valence-corrected chi connectivity index (χ1v) is 7.34. The van der Waals surface area contributed by atoms with Crippen molar-refractivity contribution in [3.63, 3.8) is 0 Å². The fourth-order valence-corrected chi connectivity index (χ4v) is 2.61. The van der Waals surface area contributed by atoms with Crippen LogP contribution in [0.5, 0.6) is 11.5 Å². The molecule has 1 aromatic rings. The molecule has 1 heterocycles. The lowest BCUT2D eigenvalue weighted by Crippen LogP contribution is -2.54. The van der Waals surface area contributed by atoms with Crippen LogP contribution in [0.1, 0.15) is 12.8 Å². The summed E-state index contributed by atoms with van der Waals surface area (Å²) in [6, 6.07) is 6.92. The predicted molar refractivity (Wildman–Crippen MR) is 81.7 cm³/mol. The highest BCUT2D eigenvalue weighted by Crippen LogP contribution is 2.34. The zero-order chi connectivity index (χ0) is 16.9. The van der Waals surface area contributed by atoms with Gasteiger partial charge in [0.1, 0.15) is 6.61 Å². The van der Waals surface area contributed by atoms with Gasteiger partial charge in [0.2, 0.25) is 11.5 Å². The first kappa shape index (κ1) is 17.1. The number of piperidine rings is 1. The fraction of sp³-hybridized carbons (Fsp3) is 0.500. The van der Waals surface area contributed by atoms with Gasteiger partial charge in [-0.15, -0.1) is 0 Å². The van der Waals surface area contributed by atoms with Crippen LogP contribution in [-0.2, 0) is 14.3 Å². The quantitative estimate of drug-likeness (QED) is 0.846. The number of carbonyl (C=O) groups excluding carboxylic acids is 1. The minimum absolute atomic E-state index is 0.00651. The van der Waals surface area contributed by atoms with Crippen molar-refractivity contribution < 1.29 is 28.9 Å². The Labute approximate surface area is 134 Å². The van der Waals surface area contributed by atoms with Crippen LogP contribution in [0.3, 0.4) is 0 Å². The number of nitrogens with zero attached hydrogens (tertiary/aromatic N) is 1. The zero-order valence-corrected chi connectivity index (χ0v) is 13.3. The van der Waals surface area contributed by atoms with Gasteiger partial charge in [-0.3, -0.25) is 4.79 Å². The molecule has 1 aliphatic rings. The molecule has 0 unspecified atom stereocenters. The SMILES string of the molecule is COCC(=O)N1CCC(Oc2ccccc2OC)(C(=O)O)CC1. The second-order valence-corrected chi connectivity index (χ2v) is 5.37. The molecule has 0 spiro atoms. The standard InChI is InChI=1S/C16H21NO6/c1-21-11-14(18)17-9-7-16(8-10-17,15(19)20)23-13-6-4-3-5-12(13)22-2/h3-6H,7-11H2,1-2H3,(H,19,20). The highest BCUT2D eigenvalue weighted by atomic mass is 16.5. The maximum absolute atomic E-state index is 11.8. The van der Waals surface area contributed by atoms with Crippen molar-refractivity contribution >= 4 is 11.9 Å². The average molecular weight is 323 g/mol. The Bertz CT molecular complexity index is 565. The predicted octanol–water partition coefficient (Wildman–Crippen LogP) is 1.17. The summed E-state index contributed by atoms with van der Waals surface area (Å²) in [4.78, 5) is 25.2. The number of hydrogen-bond donors (Lipinski definition) is 1. The monoisotopic (exact) mass is 323 g/mol. The van der Waals surface area contributed by atoms with E-state index in [0.717, 1.165) is 0 Å². The summed E-state index contributed by atoms with van der Waals surface area (Å²) in [7, 11) is 2.95. The number of likely N-dealkylation sites (tertiary alicyclic amines) is 1. The van der Waals surface area contributed by atoms with Crippen molar-refractivity contribution in [2.45, 2.75) is 18.4 Å². The maximum atomic E-state index is 11.8. The third-order valence-electron chi connectivity index (χ3n) is 3.96. The molecule has 0 radical (unpaired) electrons. The Balaban J connectivity index is 2.13. The zero-order valence-electron chi connectivity index (χ0n) is 13.3. The Morgan fingerprint density at radius 1 is 1.17 bits per heavy atom. The number of rotatable bonds is 6. The van der Waals surface area contributed by atoms with Gasteiger partial charge in [-0.25, -0.2) is 4.79 Å². The van der Waals surface area contributed by atoms with Gasteiger partial charge in [-0.1, -0.05) is 12.1 Å². The van der Waals surface area contributed by atoms with E-state index >= 15 is 0 Å². The molecule has 1 fully saturated rings. The van der Waals surface area contributed by atoms with E-state index in [4.69, 9.17) is 14.2 Å². The molecule has 0 aromatic heterocycles. The van der Waals surface area contributed by atoms with Gasteiger partial charge >= 0.3 is 5.97 Å². The second-order valence-electron chi connectivity index (χ2n) is 5.37. The molecular formula is C16H21NO6. The van der Waals surface area contributed by atoms with E-state index < -0.39 is 11.6 Å². The van der Waals surface area contributed by atoms with Gasteiger partial charge in [0.15, 0.2) is 11.5 Å². The van der Waals surface area contributed by atoms with Crippen molar-refractivity contribution in [3.8, 4) is 11.5 Å². The lowest BCUT2D eigenvalue weighted by molar-refractivity contribution is -0.162. The van der Waals surface area contributed by atoms with Crippen LogP contribution in [0.2, 0.25) is 0 Å². The van der Waals surface area contributed by atoms with E-state index in [1.54, 1.807) is 29.2 Å². The number of amides is 1. The Morgan fingerprint density at radius 2 is 1.78 bits per heavy atom. The highest BCUT2D eigenvalue weighted by Gasteiger charge is 2.45. The van der Waals surface area contributed by atoms with Crippen LogP contribution < -0.4 is 9.47 Å². The normalized spacial score (nSPS) is 16.7. The van der Waals surface area contributed by atoms with Crippen LogP contribution >= 0.6 is 0 Å². The van der Waals surface area contributed by atoms with E-state index in [0.29, 0.717) is 24.6 Å². The average Bonchev–Trinajstić information content (AvgIpc) is 2.56. The third kappa shape index (κ3) is 3.73. The number of carboxylic acids is 1. The summed E-state index contributed by atoms with van der Waals surface area (Å²) in [5, 5.41) is 9.65. The summed E-state index contributed by atoms with van der Waals surface area (Å²) in [6.45, 7) is 0.612. The van der Waals surface area contributed by atoms with Crippen LogP contribution in [0.4, 0.5) is 0 Å². The molecule has 7 nitrogen and oxygen atoms in total. The number of benzene rings is 1. The molecule has 126 valence electrons. The number of carbonyl (C=O) groups is 2. The molecule has 1 N–H and O–H groups in total. The van der Waals surface area contributed by atoms with Crippen molar-refractivity contribution in [1.29, 1.82) is 0 Å². The molecule has 0 saturated carbocycles. The molecule has 1 aliphatic heterocycles. The minimum atomic E-state index is -1.36.